The molecule has 0 saturated heterocycles. The molecule has 2 aromatic rings. The lowest BCUT2D eigenvalue weighted by Crippen LogP contribution is -2.21. The van der Waals surface area contributed by atoms with E-state index >= 15 is 0 Å². The van der Waals surface area contributed by atoms with Gasteiger partial charge in [0.25, 0.3) is 0 Å². The molecule has 0 radical (unpaired) electrons. The number of ketones is 2. The van der Waals surface area contributed by atoms with E-state index < -0.39 is 33.2 Å². The Kier molecular flexibility index (Phi) is 8.41. The third-order valence-corrected chi connectivity index (χ3v) is 5.93. The molecule has 2 aromatic heterocycles. The Bertz CT molecular complexity index is 1020. The highest BCUT2D eigenvalue weighted by Crippen LogP contribution is 2.30. The number of carbonyl (C=O) groups is 2. The molecule has 0 aliphatic carbocycles. The van der Waals surface area contributed by atoms with Crippen LogP contribution in [0.25, 0.3) is 0 Å². The maximum absolute atomic E-state index is 12.3. The van der Waals surface area contributed by atoms with Gasteiger partial charge in [-0.3, -0.25) is 19.2 Å². The predicted octanol–water partition coefficient (Wildman–Crippen LogP) is 4.13. The molecule has 8 nitrogen and oxygen atoms in total. The van der Waals surface area contributed by atoms with Gasteiger partial charge in [-0.2, -0.15) is 0 Å². The van der Waals surface area contributed by atoms with Crippen LogP contribution in [0.4, 0.5) is 0 Å². The molecular formula is C25H32O8. The first-order valence-corrected chi connectivity index (χ1v) is 11.0. The molecular weight excluding hydrogens is 428 g/mol. The highest BCUT2D eigenvalue weighted by molar-refractivity contribution is 5.81. The number of hydrogen-bond acceptors (Lipinski definition) is 8. The van der Waals surface area contributed by atoms with Gasteiger partial charge in [0.15, 0.2) is 11.5 Å². The molecule has 2 heterocycles. The van der Waals surface area contributed by atoms with E-state index in [-0.39, 0.29) is 24.4 Å². The fourth-order valence-corrected chi connectivity index (χ4v) is 3.40. The van der Waals surface area contributed by atoms with Gasteiger partial charge >= 0.3 is 0 Å². The summed E-state index contributed by atoms with van der Waals surface area (Å²) in [5.74, 6) is -0.0373. The second-order valence-electron chi connectivity index (χ2n) is 9.69. The van der Waals surface area contributed by atoms with Crippen LogP contribution in [0.2, 0.25) is 0 Å². The summed E-state index contributed by atoms with van der Waals surface area (Å²) in [4.78, 5) is 47.8. The van der Waals surface area contributed by atoms with Crippen molar-refractivity contribution in [3.8, 4) is 11.5 Å². The van der Waals surface area contributed by atoms with Crippen LogP contribution in [0.5, 0.6) is 11.5 Å². The Labute approximate surface area is 192 Å². The topological polar surface area (TPSA) is 135 Å². The van der Waals surface area contributed by atoms with Crippen LogP contribution >= 0.6 is 0 Å². The maximum atomic E-state index is 12.3. The third kappa shape index (κ3) is 7.44. The molecule has 0 bridgehead atoms. The monoisotopic (exact) mass is 460 g/mol. The summed E-state index contributed by atoms with van der Waals surface area (Å²) in [5.41, 5.74) is -2.14. The van der Waals surface area contributed by atoms with Gasteiger partial charge in [-0.15, -0.1) is 0 Å². The number of hydrogen-bond donors (Lipinski definition) is 2. The molecule has 180 valence electrons. The summed E-state index contributed by atoms with van der Waals surface area (Å²) in [7, 11) is 0. The third-order valence-electron chi connectivity index (χ3n) is 5.93. The van der Waals surface area contributed by atoms with Crippen molar-refractivity contribution in [2.75, 3.05) is 0 Å². The molecule has 0 atom stereocenters. The average Bonchev–Trinajstić information content (AvgIpc) is 2.74. The zero-order chi connectivity index (χ0) is 24.8. The van der Waals surface area contributed by atoms with Gasteiger partial charge in [0, 0.05) is 48.6 Å². The minimum Gasteiger partial charge on any atom is -0.502 e. The minimum absolute atomic E-state index is 0.0307. The van der Waals surface area contributed by atoms with Crippen molar-refractivity contribution >= 4 is 11.6 Å². The standard InChI is InChI=1S/C25H32O8/c1-24(2,22-12-18(28)20(30)14-32-22)10-8-16(26)6-5-7-17(27)9-11-25(3,4)23-13-19(29)21(31)15-33-23/h12-15,30-31H,5-11H2,1-4H3. The Morgan fingerprint density at radius 1 is 0.727 bits per heavy atom. The van der Waals surface area contributed by atoms with Crippen molar-refractivity contribution in [3.63, 3.8) is 0 Å². The van der Waals surface area contributed by atoms with Crippen LogP contribution in [0.3, 0.4) is 0 Å². The zero-order valence-electron chi connectivity index (χ0n) is 19.6. The number of Topliss-reactive ketones (excluding diaryl/α,β-unsaturated/α-hetero) is 2. The molecule has 0 spiro atoms. The smallest absolute Gasteiger partial charge is 0.226 e. The Balaban J connectivity index is 1.75. The van der Waals surface area contributed by atoms with Crippen molar-refractivity contribution in [1.82, 2.24) is 0 Å². The van der Waals surface area contributed by atoms with E-state index in [0.717, 1.165) is 12.5 Å². The molecule has 0 aromatic carbocycles. The van der Waals surface area contributed by atoms with E-state index in [4.69, 9.17) is 8.83 Å². The number of carbonyl (C=O) groups excluding carboxylic acids is 2. The molecule has 0 amide bonds. The highest BCUT2D eigenvalue weighted by atomic mass is 16.4. The first-order chi connectivity index (χ1) is 15.3. The fourth-order valence-electron chi connectivity index (χ4n) is 3.40. The predicted molar refractivity (Wildman–Crippen MR) is 122 cm³/mol. The van der Waals surface area contributed by atoms with Gasteiger partial charge in [-0.1, -0.05) is 27.7 Å². The SMILES string of the molecule is CC(C)(CCC(=O)CCCC(=O)CCC(C)(C)c1cc(=O)c(O)co1)c1cc(=O)c(O)co1. The second-order valence-corrected chi connectivity index (χ2v) is 9.69. The Morgan fingerprint density at radius 2 is 1.09 bits per heavy atom. The molecule has 0 unspecified atom stereocenters. The lowest BCUT2D eigenvalue weighted by atomic mass is 9.83. The highest BCUT2D eigenvalue weighted by Gasteiger charge is 2.26. The van der Waals surface area contributed by atoms with E-state index in [1.807, 2.05) is 27.7 Å². The van der Waals surface area contributed by atoms with Gasteiger partial charge in [-0.05, 0) is 19.3 Å². The van der Waals surface area contributed by atoms with E-state index in [1.54, 1.807) is 0 Å². The van der Waals surface area contributed by atoms with Gasteiger partial charge in [0.05, 0.1) is 0 Å². The normalized spacial score (nSPS) is 12.0. The second kappa shape index (κ2) is 10.6. The molecule has 33 heavy (non-hydrogen) atoms. The molecule has 2 rings (SSSR count). The van der Waals surface area contributed by atoms with Crippen molar-refractivity contribution in [2.45, 2.75) is 83.5 Å². The number of rotatable bonds is 12. The lowest BCUT2D eigenvalue weighted by Gasteiger charge is -2.23. The summed E-state index contributed by atoms with van der Waals surface area (Å²) in [5, 5.41) is 18.6. The average molecular weight is 461 g/mol. The summed E-state index contributed by atoms with van der Waals surface area (Å²) in [6.07, 6.45) is 4.57. The molecule has 0 aliphatic rings. The zero-order valence-corrected chi connectivity index (χ0v) is 19.6. The number of aromatic hydroxyl groups is 2. The first kappa shape index (κ1) is 26.1. The van der Waals surface area contributed by atoms with Gasteiger partial charge in [0.1, 0.15) is 35.6 Å². The summed E-state index contributed by atoms with van der Waals surface area (Å²) in [6.45, 7) is 7.43. The van der Waals surface area contributed by atoms with Crippen LogP contribution in [0, 0.1) is 0 Å². The van der Waals surface area contributed by atoms with Crippen molar-refractivity contribution < 1.29 is 28.6 Å². The Morgan fingerprint density at radius 3 is 1.42 bits per heavy atom. The summed E-state index contributed by atoms with van der Waals surface area (Å²) >= 11 is 0. The van der Waals surface area contributed by atoms with Crippen molar-refractivity contribution in [3.05, 3.63) is 56.6 Å². The first-order valence-electron chi connectivity index (χ1n) is 11.0. The van der Waals surface area contributed by atoms with Crippen LogP contribution < -0.4 is 10.9 Å². The van der Waals surface area contributed by atoms with E-state index in [9.17, 15) is 29.4 Å². The molecule has 0 saturated carbocycles. The van der Waals surface area contributed by atoms with E-state index in [2.05, 4.69) is 0 Å². The minimum atomic E-state index is -0.548. The van der Waals surface area contributed by atoms with Crippen molar-refractivity contribution in [2.24, 2.45) is 0 Å². The Hall–Kier alpha value is -3.16. The van der Waals surface area contributed by atoms with Crippen molar-refractivity contribution in [1.29, 1.82) is 0 Å². The van der Waals surface area contributed by atoms with Crippen LogP contribution in [0.15, 0.2) is 43.1 Å². The van der Waals surface area contributed by atoms with Gasteiger partial charge in [-0.25, -0.2) is 0 Å². The molecule has 0 aliphatic heterocycles. The molecule has 8 heteroatoms. The van der Waals surface area contributed by atoms with E-state index in [0.29, 0.717) is 43.6 Å². The van der Waals surface area contributed by atoms with Gasteiger partial charge < -0.3 is 19.0 Å². The summed E-state index contributed by atoms with van der Waals surface area (Å²) < 4.78 is 10.6. The maximum Gasteiger partial charge on any atom is 0.226 e. The van der Waals surface area contributed by atoms with Crippen LogP contribution in [-0.4, -0.2) is 21.8 Å². The molecule has 0 fully saturated rings. The fraction of sp³-hybridized carbons (Fsp3) is 0.520. The largest absolute Gasteiger partial charge is 0.502 e. The molecule has 2 N–H and O–H groups in total. The van der Waals surface area contributed by atoms with Crippen LogP contribution in [-0.2, 0) is 20.4 Å². The van der Waals surface area contributed by atoms with E-state index in [1.165, 1.54) is 12.1 Å². The van der Waals surface area contributed by atoms with Crippen LogP contribution in [0.1, 0.15) is 84.2 Å². The summed E-state index contributed by atoms with van der Waals surface area (Å²) in [6, 6.07) is 2.48. The lowest BCUT2D eigenvalue weighted by molar-refractivity contribution is -0.120. The quantitative estimate of drug-likeness (QED) is 0.483. The van der Waals surface area contributed by atoms with Gasteiger partial charge in [0.2, 0.25) is 10.9 Å².